The van der Waals surface area contributed by atoms with Crippen LogP contribution in [0, 0.1) is 25.1 Å². The zero-order valence-electron chi connectivity index (χ0n) is 22.2. The summed E-state index contributed by atoms with van der Waals surface area (Å²) in [4.78, 5) is 31.2. The van der Waals surface area contributed by atoms with Crippen LogP contribution in [0.5, 0.6) is 0 Å². The summed E-state index contributed by atoms with van der Waals surface area (Å²) in [5.41, 5.74) is 2.73. The molecule has 2 fully saturated rings. The molecule has 2 saturated heterocycles. The normalized spacial score (nSPS) is 17.7. The second-order valence-electron chi connectivity index (χ2n) is 10.7. The van der Waals surface area contributed by atoms with Crippen LogP contribution in [0.3, 0.4) is 0 Å². The molecule has 0 saturated carbocycles. The SMILES string of the molecule is Cc1cc(Nc2cc(C)[nH]n2)nc(N2CCC3(CC2)CC(=O)N(C(C)c2ccc(-n4cc(F)cn4)nc2)C3)n1. The van der Waals surface area contributed by atoms with Crippen molar-refractivity contribution in [2.24, 2.45) is 5.41 Å². The second kappa shape index (κ2) is 9.75. The predicted octanol–water partition coefficient (Wildman–Crippen LogP) is 3.86. The number of pyridine rings is 1. The number of piperidine rings is 1. The standard InChI is InChI=1S/C27H31FN10O/c1-17-10-22(32-23-11-18(2)34-35-23)33-26(31-17)36-8-6-27(7-9-36)12-25(39)37(16-27)19(3)20-4-5-24(29-13-20)38-15-21(28)14-30-38/h4-5,10-11,13-15,19H,6-9,12,16H2,1-3H3,(H2,31,32,33,34,35). The van der Waals surface area contributed by atoms with Crippen molar-refractivity contribution < 1.29 is 9.18 Å². The third kappa shape index (κ3) is 5.06. The average molecular weight is 531 g/mol. The van der Waals surface area contributed by atoms with Gasteiger partial charge in [-0.1, -0.05) is 6.07 Å². The van der Waals surface area contributed by atoms with Gasteiger partial charge >= 0.3 is 0 Å². The van der Waals surface area contributed by atoms with Gasteiger partial charge in [-0.25, -0.2) is 19.0 Å². The third-order valence-electron chi connectivity index (χ3n) is 7.77. The van der Waals surface area contributed by atoms with Gasteiger partial charge in [0.2, 0.25) is 11.9 Å². The number of rotatable bonds is 6. The molecule has 1 atom stereocenters. The summed E-state index contributed by atoms with van der Waals surface area (Å²) in [6.45, 7) is 8.24. The number of carbonyl (C=O) groups excluding carboxylic acids is 1. The Balaban J connectivity index is 1.11. The van der Waals surface area contributed by atoms with E-state index in [1.54, 1.807) is 12.3 Å². The molecule has 1 amide bonds. The van der Waals surface area contributed by atoms with Crippen molar-refractivity contribution in [2.45, 2.75) is 46.1 Å². The maximum atomic E-state index is 13.3. The zero-order chi connectivity index (χ0) is 27.1. The molecular weight excluding hydrogens is 499 g/mol. The van der Waals surface area contributed by atoms with Gasteiger partial charge in [-0.15, -0.1) is 0 Å². The summed E-state index contributed by atoms with van der Waals surface area (Å²) in [6.07, 6.45) is 6.50. The van der Waals surface area contributed by atoms with Crippen LogP contribution >= 0.6 is 0 Å². The highest BCUT2D eigenvalue weighted by Gasteiger charge is 2.46. The van der Waals surface area contributed by atoms with Crippen LogP contribution in [0.15, 0.2) is 42.9 Å². The highest BCUT2D eigenvalue weighted by Crippen LogP contribution is 2.44. The predicted molar refractivity (Wildman–Crippen MR) is 143 cm³/mol. The fraction of sp³-hybridized carbons (Fsp3) is 0.407. The lowest BCUT2D eigenvalue weighted by atomic mass is 9.77. The Morgan fingerprint density at radius 1 is 1.10 bits per heavy atom. The number of hydrogen-bond donors (Lipinski definition) is 2. The number of aromatic amines is 1. The van der Waals surface area contributed by atoms with Crippen molar-refractivity contribution in [3.63, 3.8) is 0 Å². The number of hydrogen-bond acceptors (Lipinski definition) is 8. The van der Waals surface area contributed by atoms with Crippen molar-refractivity contribution in [2.75, 3.05) is 29.9 Å². The fourth-order valence-electron chi connectivity index (χ4n) is 5.55. The van der Waals surface area contributed by atoms with E-state index >= 15 is 0 Å². The van der Waals surface area contributed by atoms with E-state index in [1.807, 2.05) is 43.9 Å². The van der Waals surface area contributed by atoms with Gasteiger partial charge in [0.15, 0.2) is 17.5 Å². The Kier molecular flexibility index (Phi) is 6.24. The summed E-state index contributed by atoms with van der Waals surface area (Å²) in [6, 6.07) is 7.45. The Bertz CT molecular complexity index is 1490. The molecule has 0 aromatic carbocycles. The van der Waals surface area contributed by atoms with Gasteiger partial charge in [0.25, 0.3) is 0 Å². The molecule has 4 aromatic rings. The first-order valence-electron chi connectivity index (χ1n) is 13.1. The summed E-state index contributed by atoms with van der Waals surface area (Å²) >= 11 is 0. The van der Waals surface area contributed by atoms with Crippen LogP contribution in [0.25, 0.3) is 5.82 Å². The van der Waals surface area contributed by atoms with Crippen LogP contribution < -0.4 is 10.2 Å². The lowest BCUT2D eigenvalue weighted by molar-refractivity contribution is -0.129. The van der Waals surface area contributed by atoms with E-state index in [2.05, 4.69) is 35.5 Å². The van der Waals surface area contributed by atoms with Crippen LogP contribution in [0.2, 0.25) is 0 Å². The van der Waals surface area contributed by atoms with Crippen molar-refractivity contribution in [3.8, 4) is 5.82 Å². The molecule has 2 aliphatic rings. The second-order valence-corrected chi connectivity index (χ2v) is 10.7. The minimum absolute atomic E-state index is 0.0563. The van der Waals surface area contributed by atoms with Gasteiger partial charge in [-0.05, 0) is 45.2 Å². The van der Waals surface area contributed by atoms with Gasteiger partial charge in [-0.3, -0.25) is 9.89 Å². The van der Waals surface area contributed by atoms with Crippen molar-refractivity contribution in [1.29, 1.82) is 0 Å². The van der Waals surface area contributed by atoms with Crippen molar-refractivity contribution in [3.05, 3.63) is 65.6 Å². The van der Waals surface area contributed by atoms with E-state index in [1.165, 1.54) is 10.9 Å². The van der Waals surface area contributed by atoms with Crippen molar-refractivity contribution in [1.82, 2.24) is 39.8 Å². The number of nitrogens with zero attached hydrogens (tertiary/aromatic N) is 8. The van der Waals surface area contributed by atoms with E-state index in [0.29, 0.717) is 36.4 Å². The molecule has 4 aromatic heterocycles. The number of anilines is 3. The molecule has 11 nitrogen and oxygen atoms in total. The maximum absolute atomic E-state index is 13.3. The molecule has 0 radical (unpaired) electrons. The van der Waals surface area contributed by atoms with Crippen LogP contribution in [0.1, 0.15) is 49.2 Å². The van der Waals surface area contributed by atoms with E-state index in [9.17, 15) is 9.18 Å². The van der Waals surface area contributed by atoms with E-state index < -0.39 is 5.82 Å². The number of aromatic nitrogens is 7. The average Bonchev–Trinajstić information content (AvgIpc) is 3.62. The maximum Gasteiger partial charge on any atom is 0.227 e. The zero-order valence-corrected chi connectivity index (χ0v) is 22.2. The molecule has 6 rings (SSSR count). The smallest absolute Gasteiger partial charge is 0.227 e. The highest BCUT2D eigenvalue weighted by atomic mass is 19.1. The Labute approximate surface area is 225 Å². The molecule has 1 spiro atoms. The van der Waals surface area contributed by atoms with E-state index in [4.69, 9.17) is 4.98 Å². The number of nitrogens with one attached hydrogen (secondary N) is 2. The Morgan fingerprint density at radius 2 is 1.92 bits per heavy atom. The van der Waals surface area contributed by atoms with Gasteiger partial charge in [-0.2, -0.15) is 15.2 Å². The number of H-pyrrole nitrogens is 1. The fourth-order valence-corrected chi connectivity index (χ4v) is 5.55. The van der Waals surface area contributed by atoms with E-state index in [0.717, 1.165) is 49.1 Å². The van der Waals surface area contributed by atoms with Crippen molar-refractivity contribution >= 4 is 23.5 Å². The number of amides is 1. The minimum atomic E-state index is -0.414. The minimum Gasteiger partial charge on any atom is -0.341 e. The Hall–Kier alpha value is -4.35. The molecular formula is C27H31FN10O. The Morgan fingerprint density at radius 3 is 2.59 bits per heavy atom. The molecule has 1 unspecified atom stereocenters. The molecule has 39 heavy (non-hydrogen) atoms. The topological polar surface area (TPSA) is 121 Å². The number of aryl methyl sites for hydroxylation is 2. The number of likely N-dealkylation sites (tertiary alicyclic amines) is 1. The lowest BCUT2D eigenvalue weighted by Crippen LogP contribution is -2.42. The largest absolute Gasteiger partial charge is 0.341 e. The molecule has 202 valence electrons. The third-order valence-corrected chi connectivity index (χ3v) is 7.77. The molecule has 0 bridgehead atoms. The van der Waals surface area contributed by atoms with E-state index in [-0.39, 0.29) is 17.4 Å². The molecule has 2 N–H and O–H groups in total. The first kappa shape index (κ1) is 25.0. The highest BCUT2D eigenvalue weighted by molar-refractivity contribution is 5.80. The number of halogens is 1. The van der Waals surface area contributed by atoms with Gasteiger partial charge in [0, 0.05) is 61.2 Å². The van der Waals surface area contributed by atoms with Crippen LogP contribution in [0.4, 0.5) is 22.0 Å². The summed E-state index contributed by atoms with van der Waals surface area (Å²) < 4.78 is 14.7. The molecule has 6 heterocycles. The molecule has 0 aliphatic carbocycles. The molecule has 2 aliphatic heterocycles. The summed E-state index contributed by atoms with van der Waals surface area (Å²) in [5.74, 6) is 2.40. The summed E-state index contributed by atoms with van der Waals surface area (Å²) in [5, 5.41) is 14.4. The monoisotopic (exact) mass is 530 g/mol. The van der Waals surface area contributed by atoms with Gasteiger partial charge < -0.3 is 15.1 Å². The number of carbonyl (C=O) groups is 1. The molecule has 12 heteroatoms. The van der Waals surface area contributed by atoms with Gasteiger partial charge in [0.05, 0.1) is 18.4 Å². The quantitative estimate of drug-likeness (QED) is 0.386. The summed E-state index contributed by atoms with van der Waals surface area (Å²) in [7, 11) is 0. The first-order chi connectivity index (χ1) is 18.8. The van der Waals surface area contributed by atoms with Crippen LogP contribution in [-0.2, 0) is 4.79 Å². The first-order valence-corrected chi connectivity index (χ1v) is 13.1. The van der Waals surface area contributed by atoms with Crippen LogP contribution in [-0.4, -0.2) is 65.4 Å². The van der Waals surface area contributed by atoms with Gasteiger partial charge in [0.1, 0.15) is 5.82 Å². The lowest BCUT2D eigenvalue weighted by Gasteiger charge is -2.39.